The van der Waals surface area contributed by atoms with Crippen LogP contribution in [0.15, 0.2) is 71.1 Å². The number of hydrogen-bond acceptors (Lipinski definition) is 5. The molecule has 1 atom stereocenters. The van der Waals surface area contributed by atoms with E-state index in [1.54, 1.807) is 7.11 Å². The monoisotopic (exact) mass is 428 g/mol. The molecule has 1 aliphatic rings. The van der Waals surface area contributed by atoms with Crippen LogP contribution in [0.3, 0.4) is 0 Å². The molecule has 1 aliphatic heterocycles. The van der Waals surface area contributed by atoms with Crippen molar-refractivity contribution in [3.05, 3.63) is 83.8 Å². The molecule has 0 aliphatic carbocycles. The Kier molecular flexibility index (Phi) is 5.37. The number of aryl methyl sites for hydroxylation is 1. The van der Waals surface area contributed by atoms with E-state index in [2.05, 4.69) is 0 Å². The van der Waals surface area contributed by atoms with Crippen LogP contribution in [-0.2, 0) is 4.74 Å². The van der Waals surface area contributed by atoms with Crippen LogP contribution in [0.25, 0.3) is 22.2 Å². The lowest BCUT2D eigenvalue weighted by molar-refractivity contribution is -0.0323. The Bertz CT molecular complexity index is 1260. The summed E-state index contributed by atoms with van der Waals surface area (Å²) in [5.74, 6) is 2.32. The van der Waals surface area contributed by atoms with Gasteiger partial charge < -0.3 is 18.8 Å². The molecule has 6 heteroatoms. The molecule has 4 aromatic rings. The van der Waals surface area contributed by atoms with Gasteiger partial charge in [0.05, 0.1) is 37.0 Å². The van der Waals surface area contributed by atoms with Gasteiger partial charge in [-0.3, -0.25) is 4.79 Å². The second kappa shape index (κ2) is 8.48. The number of carbonyl (C=O) groups is 1. The fourth-order valence-corrected chi connectivity index (χ4v) is 4.06. The highest BCUT2D eigenvalue weighted by atomic mass is 16.5. The second-order valence-corrected chi connectivity index (χ2v) is 7.86. The van der Waals surface area contributed by atoms with Crippen LogP contribution in [0.5, 0.6) is 5.75 Å². The van der Waals surface area contributed by atoms with Crippen molar-refractivity contribution < 1.29 is 18.7 Å². The van der Waals surface area contributed by atoms with Crippen LogP contribution in [-0.4, -0.2) is 42.6 Å². The molecule has 2 aromatic carbocycles. The van der Waals surface area contributed by atoms with Crippen molar-refractivity contribution in [2.45, 2.75) is 13.0 Å². The molecular weight excluding hydrogens is 404 g/mol. The van der Waals surface area contributed by atoms with Gasteiger partial charge in [-0.15, -0.1) is 0 Å². The van der Waals surface area contributed by atoms with E-state index in [4.69, 9.17) is 18.9 Å². The molecule has 5 rings (SSSR count). The number of nitrogens with zero attached hydrogens (tertiary/aromatic N) is 2. The third kappa shape index (κ3) is 3.85. The van der Waals surface area contributed by atoms with E-state index in [1.807, 2.05) is 78.6 Å². The molecule has 0 N–H and O–H groups in total. The summed E-state index contributed by atoms with van der Waals surface area (Å²) in [6.45, 7) is 3.34. The first-order valence-electron chi connectivity index (χ1n) is 10.6. The minimum atomic E-state index is -0.268. The number of benzene rings is 2. The number of para-hydroxylation sites is 1. The largest absolute Gasteiger partial charge is 0.497 e. The molecule has 162 valence electrons. The van der Waals surface area contributed by atoms with Crippen molar-refractivity contribution >= 4 is 16.8 Å². The summed E-state index contributed by atoms with van der Waals surface area (Å²) in [7, 11) is 1.64. The predicted molar refractivity (Wildman–Crippen MR) is 122 cm³/mol. The summed E-state index contributed by atoms with van der Waals surface area (Å²) in [6, 6.07) is 21.2. The Morgan fingerprint density at radius 2 is 1.91 bits per heavy atom. The highest BCUT2D eigenvalue weighted by Crippen LogP contribution is 2.29. The Labute approximate surface area is 186 Å². The summed E-state index contributed by atoms with van der Waals surface area (Å²) < 4.78 is 16.9. The molecular formula is C26H24N2O4. The normalized spacial score (nSPS) is 16.3. The van der Waals surface area contributed by atoms with E-state index in [1.165, 1.54) is 0 Å². The van der Waals surface area contributed by atoms with Gasteiger partial charge in [-0.1, -0.05) is 18.2 Å². The molecule has 32 heavy (non-hydrogen) atoms. The zero-order chi connectivity index (χ0) is 22.1. The Morgan fingerprint density at radius 1 is 1.09 bits per heavy atom. The molecule has 1 saturated heterocycles. The van der Waals surface area contributed by atoms with Crippen molar-refractivity contribution in [2.75, 3.05) is 26.8 Å². The van der Waals surface area contributed by atoms with Gasteiger partial charge in [0.15, 0.2) is 0 Å². The van der Waals surface area contributed by atoms with Gasteiger partial charge >= 0.3 is 0 Å². The standard InChI is InChI=1S/C26H24N2O4/c1-17-7-12-24(32-17)25-16-28(13-14-31-25)26(29)21-15-23(18-8-10-19(30-2)11-9-18)27-22-6-4-3-5-20(21)22/h3-12,15,25H,13-14,16H2,1-2H3/t25-/m0/s1. The molecule has 1 fully saturated rings. The van der Waals surface area contributed by atoms with Gasteiger partial charge in [-0.25, -0.2) is 4.98 Å². The molecule has 0 spiro atoms. The van der Waals surface area contributed by atoms with Gasteiger partial charge in [0, 0.05) is 17.5 Å². The van der Waals surface area contributed by atoms with Crippen molar-refractivity contribution in [1.82, 2.24) is 9.88 Å². The predicted octanol–water partition coefficient (Wildman–Crippen LogP) is 5.03. The van der Waals surface area contributed by atoms with Crippen LogP contribution in [0.1, 0.15) is 28.0 Å². The highest BCUT2D eigenvalue weighted by molar-refractivity contribution is 6.07. The van der Waals surface area contributed by atoms with Crippen LogP contribution < -0.4 is 4.74 Å². The first kappa shape index (κ1) is 20.3. The van der Waals surface area contributed by atoms with E-state index in [0.29, 0.717) is 25.3 Å². The molecule has 3 heterocycles. The summed E-state index contributed by atoms with van der Waals surface area (Å²) in [6.07, 6.45) is -0.268. The number of ether oxygens (including phenoxy) is 2. The topological polar surface area (TPSA) is 64.8 Å². The number of fused-ring (bicyclic) bond motifs is 1. The average Bonchev–Trinajstić information content (AvgIpc) is 3.29. The van der Waals surface area contributed by atoms with Gasteiger partial charge in [0.25, 0.3) is 5.91 Å². The minimum Gasteiger partial charge on any atom is -0.497 e. The van der Waals surface area contributed by atoms with Crippen LogP contribution in [0.2, 0.25) is 0 Å². The quantitative estimate of drug-likeness (QED) is 0.456. The van der Waals surface area contributed by atoms with Crippen molar-refractivity contribution in [3.63, 3.8) is 0 Å². The molecule has 0 bridgehead atoms. The smallest absolute Gasteiger partial charge is 0.254 e. The van der Waals surface area contributed by atoms with E-state index < -0.39 is 0 Å². The Morgan fingerprint density at radius 3 is 2.66 bits per heavy atom. The summed E-state index contributed by atoms with van der Waals surface area (Å²) >= 11 is 0. The van der Waals surface area contributed by atoms with Gasteiger partial charge in [-0.2, -0.15) is 0 Å². The Hall–Kier alpha value is -3.64. The number of morpholine rings is 1. The lowest BCUT2D eigenvalue weighted by Crippen LogP contribution is -2.42. The van der Waals surface area contributed by atoms with E-state index in [-0.39, 0.29) is 12.0 Å². The van der Waals surface area contributed by atoms with Crippen molar-refractivity contribution in [2.24, 2.45) is 0 Å². The fourth-order valence-electron chi connectivity index (χ4n) is 4.06. The zero-order valence-corrected chi connectivity index (χ0v) is 18.1. The first-order chi connectivity index (χ1) is 15.6. The maximum atomic E-state index is 13.7. The van der Waals surface area contributed by atoms with E-state index >= 15 is 0 Å². The van der Waals surface area contributed by atoms with Gasteiger partial charge in [0.2, 0.25) is 0 Å². The lowest BCUT2D eigenvalue weighted by Gasteiger charge is -2.32. The SMILES string of the molecule is COc1ccc(-c2cc(C(=O)N3CCO[C@H](c4ccc(C)o4)C3)c3ccccc3n2)cc1. The number of hydrogen-bond donors (Lipinski definition) is 0. The fraction of sp³-hybridized carbons (Fsp3) is 0.231. The number of methoxy groups -OCH3 is 1. The maximum absolute atomic E-state index is 13.7. The van der Waals surface area contributed by atoms with Crippen molar-refractivity contribution in [1.29, 1.82) is 0 Å². The molecule has 1 amide bonds. The maximum Gasteiger partial charge on any atom is 0.254 e. The molecule has 0 radical (unpaired) electrons. The third-order valence-electron chi connectivity index (χ3n) is 5.76. The van der Waals surface area contributed by atoms with Gasteiger partial charge in [0.1, 0.15) is 23.4 Å². The van der Waals surface area contributed by atoms with E-state index in [0.717, 1.165) is 39.4 Å². The Balaban J connectivity index is 1.51. The number of furan rings is 1. The number of rotatable bonds is 4. The number of amides is 1. The number of pyridine rings is 1. The average molecular weight is 428 g/mol. The zero-order valence-electron chi connectivity index (χ0n) is 18.1. The summed E-state index contributed by atoms with van der Waals surface area (Å²) in [4.78, 5) is 20.3. The highest BCUT2D eigenvalue weighted by Gasteiger charge is 2.29. The summed E-state index contributed by atoms with van der Waals surface area (Å²) in [5.41, 5.74) is 3.10. The summed E-state index contributed by atoms with van der Waals surface area (Å²) in [5, 5.41) is 0.839. The molecule has 0 unspecified atom stereocenters. The van der Waals surface area contributed by atoms with Crippen LogP contribution in [0.4, 0.5) is 0 Å². The molecule has 6 nitrogen and oxygen atoms in total. The lowest BCUT2D eigenvalue weighted by atomic mass is 10.0. The van der Waals surface area contributed by atoms with Crippen LogP contribution >= 0.6 is 0 Å². The minimum absolute atomic E-state index is 0.0325. The van der Waals surface area contributed by atoms with Crippen molar-refractivity contribution in [3.8, 4) is 17.0 Å². The van der Waals surface area contributed by atoms with Crippen LogP contribution in [0, 0.1) is 6.92 Å². The molecule has 0 saturated carbocycles. The second-order valence-electron chi connectivity index (χ2n) is 7.86. The number of aromatic nitrogens is 1. The first-order valence-corrected chi connectivity index (χ1v) is 10.6. The van der Waals surface area contributed by atoms with E-state index in [9.17, 15) is 4.79 Å². The third-order valence-corrected chi connectivity index (χ3v) is 5.76. The molecule has 2 aromatic heterocycles. The number of carbonyl (C=O) groups excluding carboxylic acids is 1. The van der Waals surface area contributed by atoms with Gasteiger partial charge in [-0.05, 0) is 55.5 Å².